The number of carbonyl (C=O) groups excluding carboxylic acids is 2. The van der Waals surface area contributed by atoms with Gasteiger partial charge in [-0.05, 0) is 26.7 Å². The van der Waals surface area contributed by atoms with E-state index in [-0.39, 0.29) is 24.9 Å². The number of carbonyl (C=O) groups is 3. The van der Waals surface area contributed by atoms with Gasteiger partial charge < -0.3 is 20.6 Å². The monoisotopic (exact) mass is 301 g/mol. The van der Waals surface area contributed by atoms with Crippen molar-refractivity contribution >= 4 is 17.9 Å². The fourth-order valence-corrected chi connectivity index (χ4v) is 1.82. The number of nitrogens with zero attached hydrogens (tertiary/aromatic N) is 1. The van der Waals surface area contributed by atoms with Crippen LogP contribution in [-0.4, -0.2) is 54.1 Å². The van der Waals surface area contributed by atoms with Gasteiger partial charge in [-0.25, -0.2) is 4.79 Å². The number of rotatable bonds is 11. The van der Waals surface area contributed by atoms with Gasteiger partial charge in [-0.1, -0.05) is 12.8 Å². The summed E-state index contributed by atoms with van der Waals surface area (Å²) in [5.41, 5.74) is 0. The van der Waals surface area contributed by atoms with Gasteiger partial charge in [0.1, 0.15) is 6.54 Å². The van der Waals surface area contributed by atoms with E-state index in [9.17, 15) is 14.4 Å². The summed E-state index contributed by atoms with van der Waals surface area (Å²) in [6, 6.07) is -0.241. The summed E-state index contributed by atoms with van der Waals surface area (Å²) >= 11 is 0. The maximum atomic E-state index is 11.8. The van der Waals surface area contributed by atoms with Crippen molar-refractivity contribution < 1.29 is 19.5 Å². The molecule has 0 aromatic heterocycles. The molecule has 0 unspecified atom stereocenters. The van der Waals surface area contributed by atoms with Gasteiger partial charge >= 0.3 is 12.0 Å². The van der Waals surface area contributed by atoms with E-state index in [1.165, 1.54) is 4.90 Å². The molecule has 0 saturated heterocycles. The van der Waals surface area contributed by atoms with E-state index in [4.69, 9.17) is 5.11 Å². The second kappa shape index (κ2) is 12.0. The number of unbranched alkanes of at least 4 members (excludes halogenated alkanes) is 3. The molecule has 0 bridgehead atoms. The molecule has 0 heterocycles. The van der Waals surface area contributed by atoms with E-state index >= 15 is 0 Å². The van der Waals surface area contributed by atoms with Crippen LogP contribution < -0.4 is 10.6 Å². The van der Waals surface area contributed by atoms with Crippen LogP contribution in [0.4, 0.5) is 4.79 Å². The fraction of sp³-hybridized carbons (Fsp3) is 0.786. The van der Waals surface area contributed by atoms with E-state index in [0.717, 1.165) is 19.3 Å². The standard InChI is InChI=1S/C14H27N3O4/c1-3-15-12(18)11-17(4-2)14(21)16-10-8-6-5-7-9-13(19)20/h3-11H2,1-2H3,(H,15,18)(H,16,21)(H,19,20). The highest BCUT2D eigenvalue weighted by atomic mass is 16.4. The lowest BCUT2D eigenvalue weighted by Crippen LogP contribution is -2.45. The number of hydrogen-bond acceptors (Lipinski definition) is 3. The molecule has 0 spiro atoms. The molecular weight excluding hydrogens is 274 g/mol. The van der Waals surface area contributed by atoms with Crippen LogP contribution in [0.1, 0.15) is 46.0 Å². The SMILES string of the molecule is CCNC(=O)CN(CC)C(=O)NCCCCCCC(=O)O. The third-order valence-corrected chi connectivity index (χ3v) is 2.97. The van der Waals surface area contributed by atoms with Gasteiger partial charge in [-0.15, -0.1) is 0 Å². The Labute approximate surface area is 126 Å². The number of carboxylic acids is 1. The van der Waals surface area contributed by atoms with Crippen LogP contribution in [0.5, 0.6) is 0 Å². The molecule has 7 nitrogen and oxygen atoms in total. The van der Waals surface area contributed by atoms with Gasteiger partial charge in [0.2, 0.25) is 5.91 Å². The summed E-state index contributed by atoms with van der Waals surface area (Å²) in [6.45, 7) is 5.28. The predicted octanol–water partition coefficient (Wildman–Crippen LogP) is 1.19. The fourth-order valence-electron chi connectivity index (χ4n) is 1.82. The van der Waals surface area contributed by atoms with Crippen LogP contribution in [0.25, 0.3) is 0 Å². The van der Waals surface area contributed by atoms with E-state index in [1.807, 2.05) is 13.8 Å². The van der Waals surface area contributed by atoms with Crippen molar-refractivity contribution in [1.29, 1.82) is 0 Å². The molecule has 0 atom stereocenters. The van der Waals surface area contributed by atoms with Crippen LogP contribution in [0.2, 0.25) is 0 Å². The molecular formula is C14H27N3O4. The Kier molecular flexibility index (Phi) is 11.0. The first-order valence-corrected chi connectivity index (χ1v) is 7.52. The van der Waals surface area contributed by atoms with Crippen LogP contribution >= 0.6 is 0 Å². The molecule has 7 heteroatoms. The van der Waals surface area contributed by atoms with Gasteiger partial charge in [0.15, 0.2) is 0 Å². The molecule has 0 aromatic rings. The first-order valence-electron chi connectivity index (χ1n) is 7.52. The van der Waals surface area contributed by atoms with Crippen LogP contribution in [-0.2, 0) is 9.59 Å². The third kappa shape index (κ3) is 10.6. The highest BCUT2D eigenvalue weighted by Crippen LogP contribution is 2.02. The Bertz CT molecular complexity index is 334. The van der Waals surface area contributed by atoms with Crippen molar-refractivity contribution in [1.82, 2.24) is 15.5 Å². The molecule has 0 aliphatic carbocycles. The number of aliphatic carboxylic acids is 1. The quantitative estimate of drug-likeness (QED) is 0.499. The normalized spacial score (nSPS) is 10.0. The molecule has 0 aliphatic rings. The zero-order valence-electron chi connectivity index (χ0n) is 13.0. The minimum absolute atomic E-state index is 0.0643. The summed E-state index contributed by atoms with van der Waals surface area (Å²) in [7, 11) is 0. The van der Waals surface area contributed by atoms with Crippen LogP contribution in [0.3, 0.4) is 0 Å². The number of urea groups is 1. The molecule has 122 valence electrons. The maximum absolute atomic E-state index is 11.8. The van der Waals surface area contributed by atoms with Gasteiger partial charge in [0, 0.05) is 26.1 Å². The molecule has 3 N–H and O–H groups in total. The van der Waals surface area contributed by atoms with Crippen LogP contribution in [0, 0.1) is 0 Å². The highest BCUT2D eigenvalue weighted by molar-refractivity contribution is 5.83. The van der Waals surface area contributed by atoms with E-state index in [0.29, 0.717) is 26.1 Å². The van der Waals surface area contributed by atoms with Crippen molar-refractivity contribution in [3.05, 3.63) is 0 Å². The summed E-state index contributed by atoms with van der Waals surface area (Å²) in [6.07, 6.45) is 3.41. The van der Waals surface area contributed by atoms with Gasteiger partial charge in [-0.3, -0.25) is 9.59 Å². The Morgan fingerprint density at radius 2 is 1.67 bits per heavy atom. The van der Waals surface area contributed by atoms with E-state index in [2.05, 4.69) is 10.6 Å². The largest absolute Gasteiger partial charge is 0.481 e. The lowest BCUT2D eigenvalue weighted by atomic mass is 10.1. The summed E-state index contributed by atoms with van der Waals surface area (Å²) in [5.74, 6) is -0.935. The smallest absolute Gasteiger partial charge is 0.317 e. The highest BCUT2D eigenvalue weighted by Gasteiger charge is 2.14. The van der Waals surface area contributed by atoms with Gasteiger partial charge in [-0.2, -0.15) is 0 Å². The number of carboxylic acid groups (broad SMARTS) is 1. The average Bonchev–Trinajstić information content (AvgIpc) is 2.43. The molecule has 3 amide bonds. The summed E-state index contributed by atoms with van der Waals surface area (Å²) < 4.78 is 0. The topological polar surface area (TPSA) is 98.7 Å². The van der Waals surface area contributed by atoms with Gasteiger partial charge in [0.05, 0.1) is 0 Å². The summed E-state index contributed by atoms with van der Waals surface area (Å²) in [4.78, 5) is 35.1. The molecule has 0 fully saturated rings. The molecule has 0 radical (unpaired) electrons. The molecule has 21 heavy (non-hydrogen) atoms. The lowest BCUT2D eigenvalue weighted by molar-refractivity contribution is -0.137. The van der Waals surface area contributed by atoms with Gasteiger partial charge in [0.25, 0.3) is 0 Å². The number of amides is 3. The minimum atomic E-state index is -0.771. The molecule has 0 aromatic carbocycles. The first kappa shape index (κ1) is 19.2. The van der Waals surface area contributed by atoms with Crippen molar-refractivity contribution in [2.24, 2.45) is 0 Å². The Morgan fingerprint density at radius 3 is 2.24 bits per heavy atom. The third-order valence-electron chi connectivity index (χ3n) is 2.97. The minimum Gasteiger partial charge on any atom is -0.481 e. The predicted molar refractivity (Wildman–Crippen MR) is 80.1 cm³/mol. The lowest BCUT2D eigenvalue weighted by Gasteiger charge is -2.20. The first-order chi connectivity index (χ1) is 10.0. The maximum Gasteiger partial charge on any atom is 0.317 e. The van der Waals surface area contributed by atoms with Crippen molar-refractivity contribution in [3.8, 4) is 0 Å². The van der Waals surface area contributed by atoms with Crippen molar-refractivity contribution in [2.45, 2.75) is 46.0 Å². The van der Waals surface area contributed by atoms with Crippen LogP contribution in [0.15, 0.2) is 0 Å². The summed E-state index contributed by atoms with van der Waals surface area (Å²) in [5, 5.41) is 13.9. The second-order valence-corrected chi connectivity index (χ2v) is 4.76. The molecule has 0 saturated carbocycles. The van der Waals surface area contributed by atoms with Crippen molar-refractivity contribution in [2.75, 3.05) is 26.2 Å². The molecule has 0 rings (SSSR count). The van der Waals surface area contributed by atoms with Crippen molar-refractivity contribution in [3.63, 3.8) is 0 Å². The zero-order valence-corrected chi connectivity index (χ0v) is 13.0. The Hall–Kier alpha value is -1.79. The zero-order chi connectivity index (χ0) is 16.1. The van der Waals surface area contributed by atoms with E-state index in [1.54, 1.807) is 0 Å². The van der Waals surface area contributed by atoms with E-state index < -0.39 is 5.97 Å². The Balaban J connectivity index is 3.75. The number of hydrogen-bond donors (Lipinski definition) is 3. The second-order valence-electron chi connectivity index (χ2n) is 4.76. The number of likely N-dealkylation sites (N-methyl/N-ethyl adjacent to an activating group) is 2. The number of nitrogens with one attached hydrogen (secondary N) is 2. The average molecular weight is 301 g/mol. The Morgan fingerprint density at radius 1 is 1.00 bits per heavy atom. The molecule has 0 aliphatic heterocycles.